The van der Waals surface area contributed by atoms with Gasteiger partial charge in [0.1, 0.15) is 0 Å². The molecule has 8 heteroatoms. The molecular weight excluding hydrogens is 400 g/mol. The summed E-state index contributed by atoms with van der Waals surface area (Å²) in [4.78, 5) is 31.4. The van der Waals surface area contributed by atoms with Crippen LogP contribution < -0.4 is 5.32 Å². The van der Waals surface area contributed by atoms with E-state index in [2.05, 4.69) is 10.4 Å². The van der Waals surface area contributed by atoms with Crippen LogP contribution in [0.1, 0.15) is 27.7 Å². The van der Waals surface area contributed by atoms with Crippen molar-refractivity contribution in [1.82, 2.24) is 20.1 Å². The van der Waals surface area contributed by atoms with Gasteiger partial charge in [0.25, 0.3) is 5.91 Å². The lowest BCUT2D eigenvalue weighted by Crippen LogP contribution is -2.34. The van der Waals surface area contributed by atoms with Gasteiger partial charge < -0.3 is 10.1 Å². The van der Waals surface area contributed by atoms with Gasteiger partial charge in [-0.1, -0.05) is 36.4 Å². The third-order valence-electron chi connectivity index (χ3n) is 4.83. The number of carbonyl (C=O) groups is 2. The Morgan fingerprint density at radius 1 is 1.17 bits per heavy atom. The Balaban J connectivity index is 1.81. The summed E-state index contributed by atoms with van der Waals surface area (Å²) in [5, 5.41) is 9.87. The Morgan fingerprint density at radius 3 is 2.60 bits per heavy atom. The first-order chi connectivity index (χ1) is 14.5. The fourth-order valence-electron chi connectivity index (χ4n) is 3.42. The molecule has 30 heavy (non-hydrogen) atoms. The zero-order valence-electron chi connectivity index (χ0n) is 16.7. The zero-order valence-corrected chi connectivity index (χ0v) is 17.6. The van der Waals surface area contributed by atoms with Crippen LogP contribution in [-0.2, 0) is 16.6 Å². The Hall–Kier alpha value is -3.52. The molecule has 0 aliphatic carbocycles. The van der Waals surface area contributed by atoms with Crippen molar-refractivity contribution in [2.75, 3.05) is 7.11 Å². The van der Waals surface area contributed by atoms with Crippen LogP contribution in [0.25, 0.3) is 21.6 Å². The van der Waals surface area contributed by atoms with Crippen LogP contribution in [-0.4, -0.2) is 33.8 Å². The molecule has 1 amide bonds. The third kappa shape index (κ3) is 3.57. The van der Waals surface area contributed by atoms with Crippen LogP contribution in [0.4, 0.5) is 0 Å². The molecule has 0 aliphatic heterocycles. The van der Waals surface area contributed by atoms with E-state index in [1.807, 2.05) is 42.6 Å². The van der Waals surface area contributed by atoms with Gasteiger partial charge in [-0.15, -0.1) is 11.3 Å². The van der Waals surface area contributed by atoms with Crippen LogP contribution in [0.15, 0.2) is 53.9 Å². The second kappa shape index (κ2) is 8.08. The van der Waals surface area contributed by atoms with Crippen LogP contribution in [0.2, 0.25) is 0 Å². The lowest BCUT2D eigenvalue weighted by Gasteiger charge is -2.17. The van der Waals surface area contributed by atoms with E-state index in [9.17, 15) is 9.59 Å². The van der Waals surface area contributed by atoms with E-state index >= 15 is 0 Å². The summed E-state index contributed by atoms with van der Waals surface area (Å²) in [7, 11) is 3.10. The number of benzene rings is 1. The second-order valence-electron chi connectivity index (χ2n) is 6.78. The largest absolute Gasteiger partial charge is 0.467 e. The molecule has 0 spiro atoms. The van der Waals surface area contributed by atoms with E-state index < -0.39 is 17.9 Å². The maximum absolute atomic E-state index is 13.4. The lowest BCUT2D eigenvalue weighted by molar-refractivity contribution is -0.143. The van der Waals surface area contributed by atoms with E-state index in [1.54, 1.807) is 29.9 Å². The molecule has 1 aromatic carbocycles. The van der Waals surface area contributed by atoms with E-state index in [0.717, 1.165) is 4.88 Å². The Bertz CT molecular complexity index is 1220. The molecule has 4 rings (SSSR count). The van der Waals surface area contributed by atoms with Gasteiger partial charge in [0.15, 0.2) is 11.7 Å². The Kier molecular flexibility index (Phi) is 5.33. The van der Waals surface area contributed by atoms with Crippen molar-refractivity contribution in [3.05, 3.63) is 70.7 Å². The van der Waals surface area contributed by atoms with Crippen LogP contribution in [0.3, 0.4) is 0 Å². The van der Waals surface area contributed by atoms with Crippen LogP contribution in [0, 0.1) is 6.92 Å². The first-order valence-electron chi connectivity index (χ1n) is 9.31. The average molecular weight is 420 g/mol. The number of nitrogens with one attached hydrogen (secondary N) is 1. The number of amides is 1. The molecule has 4 aromatic rings. The lowest BCUT2D eigenvalue weighted by atomic mass is 10.0. The number of carbonyl (C=O) groups excluding carboxylic acids is 2. The first-order valence-corrected chi connectivity index (χ1v) is 10.2. The summed E-state index contributed by atoms with van der Waals surface area (Å²) in [5.41, 5.74) is 3.04. The zero-order chi connectivity index (χ0) is 21.3. The van der Waals surface area contributed by atoms with Crippen molar-refractivity contribution in [3.8, 4) is 10.6 Å². The van der Waals surface area contributed by atoms with Gasteiger partial charge in [0, 0.05) is 7.05 Å². The highest BCUT2D eigenvalue weighted by Gasteiger charge is 2.26. The Morgan fingerprint density at radius 2 is 1.93 bits per heavy atom. The number of methoxy groups -OCH3 is 1. The molecule has 1 atom stereocenters. The van der Waals surface area contributed by atoms with Crippen LogP contribution in [0.5, 0.6) is 0 Å². The predicted octanol–water partition coefficient (Wildman–Crippen LogP) is 3.65. The maximum atomic E-state index is 13.4. The molecule has 0 radical (unpaired) electrons. The van der Waals surface area contributed by atoms with Gasteiger partial charge in [-0.2, -0.15) is 5.10 Å². The van der Waals surface area contributed by atoms with Gasteiger partial charge in [0.05, 0.1) is 34.3 Å². The molecule has 7 nitrogen and oxygen atoms in total. The topological polar surface area (TPSA) is 86.1 Å². The highest BCUT2D eigenvalue weighted by atomic mass is 32.1. The fourth-order valence-corrected chi connectivity index (χ4v) is 4.11. The van der Waals surface area contributed by atoms with Crippen LogP contribution >= 0.6 is 11.3 Å². The summed E-state index contributed by atoms with van der Waals surface area (Å²) in [6, 6.07) is 13.7. The summed E-state index contributed by atoms with van der Waals surface area (Å²) in [5.74, 6) is -0.934. The SMILES string of the molecule is COC(=O)C(NC(=O)c1cc(-c2cccs2)nc2c1c(C)nn2C)c1ccccc1. The number of aryl methyl sites for hydroxylation is 2. The summed E-state index contributed by atoms with van der Waals surface area (Å²) >= 11 is 1.54. The molecule has 0 saturated carbocycles. The molecular formula is C22H20N4O3S. The predicted molar refractivity (Wildman–Crippen MR) is 115 cm³/mol. The van der Waals surface area contributed by atoms with Gasteiger partial charge in [0.2, 0.25) is 0 Å². The van der Waals surface area contributed by atoms with E-state index in [1.165, 1.54) is 18.4 Å². The first kappa shape index (κ1) is 19.8. The van der Waals surface area contributed by atoms with E-state index in [4.69, 9.17) is 9.72 Å². The van der Waals surface area contributed by atoms with E-state index in [-0.39, 0.29) is 0 Å². The van der Waals surface area contributed by atoms with Crippen molar-refractivity contribution >= 4 is 34.2 Å². The van der Waals surface area contributed by atoms with Gasteiger partial charge in [-0.05, 0) is 30.0 Å². The maximum Gasteiger partial charge on any atom is 0.333 e. The number of rotatable bonds is 5. The molecule has 3 heterocycles. The number of fused-ring (bicyclic) bond motifs is 1. The minimum Gasteiger partial charge on any atom is -0.467 e. The van der Waals surface area contributed by atoms with Crippen molar-refractivity contribution < 1.29 is 14.3 Å². The van der Waals surface area contributed by atoms with Crippen molar-refractivity contribution in [1.29, 1.82) is 0 Å². The molecule has 0 fully saturated rings. The monoisotopic (exact) mass is 420 g/mol. The number of pyridine rings is 1. The van der Waals surface area contributed by atoms with Crippen molar-refractivity contribution in [2.24, 2.45) is 7.05 Å². The molecule has 1 unspecified atom stereocenters. The minimum absolute atomic E-state index is 0.393. The van der Waals surface area contributed by atoms with E-state index in [0.29, 0.717) is 33.5 Å². The summed E-state index contributed by atoms with van der Waals surface area (Å²) in [6.45, 7) is 1.83. The number of nitrogens with zero attached hydrogens (tertiary/aromatic N) is 3. The molecule has 0 bridgehead atoms. The molecule has 0 saturated heterocycles. The average Bonchev–Trinajstić information content (AvgIpc) is 3.40. The molecule has 152 valence electrons. The van der Waals surface area contributed by atoms with Gasteiger partial charge in [-0.3, -0.25) is 9.48 Å². The highest BCUT2D eigenvalue weighted by molar-refractivity contribution is 7.13. The fraction of sp³-hybridized carbons (Fsp3) is 0.182. The normalized spacial score (nSPS) is 12.0. The number of thiophene rings is 1. The highest BCUT2D eigenvalue weighted by Crippen LogP contribution is 2.29. The number of hydrogen-bond acceptors (Lipinski definition) is 6. The summed E-state index contributed by atoms with van der Waals surface area (Å²) in [6.07, 6.45) is 0. The third-order valence-corrected chi connectivity index (χ3v) is 5.72. The standard InChI is InChI=1S/C22H20N4O3S/c1-13-18-15(12-16(17-10-7-11-30-17)23-20(18)26(2)25-13)21(27)24-19(22(28)29-3)14-8-5-4-6-9-14/h4-12,19H,1-3H3,(H,24,27). The quantitative estimate of drug-likeness (QED) is 0.498. The number of esters is 1. The summed E-state index contributed by atoms with van der Waals surface area (Å²) < 4.78 is 6.58. The van der Waals surface area contributed by atoms with Crippen molar-refractivity contribution in [3.63, 3.8) is 0 Å². The minimum atomic E-state index is -0.922. The number of hydrogen-bond donors (Lipinski definition) is 1. The Labute approximate surface area is 177 Å². The smallest absolute Gasteiger partial charge is 0.333 e. The van der Waals surface area contributed by atoms with Gasteiger partial charge >= 0.3 is 5.97 Å². The molecule has 1 N–H and O–H groups in total. The second-order valence-corrected chi connectivity index (χ2v) is 7.73. The molecule has 0 aliphatic rings. The van der Waals surface area contributed by atoms with Crippen molar-refractivity contribution in [2.45, 2.75) is 13.0 Å². The van der Waals surface area contributed by atoms with Gasteiger partial charge in [-0.25, -0.2) is 9.78 Å². The molecule has 3 aromatic heterocycles. The number of aromatic nitrogens is 3. The number of ether oxygens (including phenoxy) is 1.